The van der Waals surface area contributed by atoms with Gasteiger partial charge in [0.1, 0.15) is 0 Å². The molecule has 0 unspecified atom stereocenters. The third-order valence-corrected chi connectivity index (χ3v) is 3.62. The van der Waals surface area contributed by atoms with Gasteiger partial charge in [0.2, 0.25) is 0 Å². The molecule has 4 heteroatoms. The summed E-state index contributed by atoms with van der Waals surface area (Å²) < 4.78 is 0. The lowest BCUT2D eigenvalue weighted by Gasteiger charge is -1.98. The van der Waals surface area contributed by atoms with E-state index in [1.54, 1.807) is 0 Å². The summed E-state index contributed by atoms with van der Waals surface area (Å²) in [4.78, 5) is 5.48. The van der Waals surface area contributed by atoms with Crippen molar-refractivity contribution in [2.24, 2.45) is 0 Å². The molecule has 0 spiro atoms. The fourth-order valence-corrected chi connectivity index (χ4v) is 2.52. The van der Waals surface area contributed by atoms with Crippen LogP contribution in [-0.4, -0.2) is 10.3 Å². The van der Waals surface area contributed by atoms with Crippen LogP contribution in [0.15, 0.2) is 24.3 Å². The molecule has 0 radical (unpaired) electrons. The lowest BCUT2D eigenvalue weighted by molar-refractivity contribution is 1.32. The number of nitrogens with zero attached hydrogens (tertiary/aromatic N) is 1. The molecule has 0 bridgehead atoms. The van der Waals surface area contributed by atoms with Crippen molar-refractivity contribution in [2.45, 2.75) is 13.3 Å². The van der Waals surface area contributed by atoms with Gasteiger partial charge in [0.25, 0.3) is 0 Å². The van der Waals surface area contributed by atoms with Crippen molar-refractivity contribution in [2.75, 3.05) is 11.1 Å². The molecule has 0 fully saturated rings. The van der Waals surface area contributed by atoms with E-state index in [9.17, 15) is 0 Å². The maximum Gasteiger partial charge on any atom is 0.180 e. The van der Waals surface area contributed by atoms with Gasteiger partial charge >= 0.3 is 0 Å². The Kier molecular flexibility index (Phi) is 4.40. The molecule has 1 heterocycles. The van der Waals surface area contributed by atoms with Crippen LogP contribution >= 0.6 is 27.3 Å². The van der Waals surface area contributed by atoms with Crippen LogP contribution in [0.5, 0.6) is 0 Å². The predicted molar refractivity (Wildman–Crippen MR) is 82.0 cm³/mol. The predicted octanol–water partition coefficient (Wildman–Crippen LogP) is 3.84. The average molecular weight is 321 g/mol. The highest BCUT2D eigenvalue weighted by Crippen LogP contribution is 2.28. The summed E-state index contributed by atoms with van der Waals surface area (Å²) in [6, 6.07) is 8.12. The molecule has 0 aliphatic carbocycles. The minimum Gasteiger partial charge on any atom is -0.375 e. The van der Waals surface area contributed by atoms with Gasteiger partial charge in [0, 0.05) is 27.8 Å². The molecule has 2 N–H and O–H groups in total. The Bertz CT molecular complexity index is 590. The normalized spacial score (nSPS) is 9.89. The highest BCUT2D eigenvalue weighted by Gasteiger charge is 2.07. The number of rotatable bonds is 2. The van der Waals surface area contributed by atoms with E-state index in [0.29, 0.717) is 5.13 Å². The van der Waals surface area contributed by atoms with E-state index in [4.69, 9.17) is 5.73 Å². The molecule has 0 atom stereocenters. The van der Waals surface area contributed by atoms with Gasteiger partial charge in [-0.3, -0.25) is 0 Å². The van der Waals surface area contributed by atoms with E-state index in [1.807, 2.05) is 31.2 Å². The van der Waals surface area contributed by atoms with Crippen molar-refractivity contribution in [3.8, 4) is 23.1 Å². The Morgan fingerprint density at radius 2 is 2.06 bits per heavy atom. The topological polar surface area (TPSA) is 38.9 Å². The van der Waals surface area contributed by atoms with E-state index in [2.05, 4.69) is 32.8 Å². The monoisotopic (exact) mass is 320 g/mol. The quantitative estimate of drug-likeness (QED) is 0.674. The molecule has 1 aromatic heterocycles. The molecule has 2 aromatic rings. The largest absolute Gasteiger partial charge is 0.375 e. The molecule has 0 aliphatic heterocycles. The Hall–Kier alpha value is -1.31. The number of aromatic nitrogens is 1. The zero-order valence-corrected chi connectivity index (χ0v) is 12.4. The number of benzene rings is 1. The fraction of sp³-hybridized carbons (Fsp3) is 0.214. The SMILES string of the molecule is Cc1sc(N)nc1-c1ccc(C#CCCBr)cc1. The summed E-state index contributed by atoms with van der Waals surface area (Å²) in [6.45, 7) is 2.03. The number of thiazole rings is 1. The van der Waals surface area contributed by atoms with Crippen molar-refractivity contribution >= 4 is 32.4 Å². The average Bonchev–Trinajstić information content (AvgIpc) is 2.70. The molecule has 92 valence electrons. The second-order valence-corrected chi connectivity index (χ2v) is 5.80. The minimum absolute atomic E-state index is 0.615. The number of halogens is 1. The van der Waals surface area contributed by atoms with E-state index in [0.717, 1.165) is 33.4 Å². The molecule has 0 saturated carbocycles. The first-order valence-corrected chi connectivity index (χ1v) is 7.52. The van der Waals surface area contributed by atoms with Crippen molar-refractivity contribution in [1.82, 2.24) is 4.98 Å². The number of hydrogen-bond acceptors (Lipinski definition) is 3. The number of nitrogen functional groups attached to an aromatic ring is 1. The minimum atomic E-state index is 0.615. The van der Waals surface area contributed by atoms with E-state index >= 15 is 0 Å². The van der Waals surface area contributed by atoms with E-state index < -0.39 is 0 Å². The smallest absolute Gasteiger partial charge is 0.180 e. The number of hydrogen-bond donors (Lipinski definition) is 1. The second-order valence-electron chi connectivity index (χ2n) is 3.78. The van der Waals surface area contributed by atoms with Gasteiger partial charge in [-0.25, -0.2) is 4.98 Å². The summed E-state index contributed by atoms with van der Waals surface area (Å²) in [5, 5.41) is 1.53. The van der Waals surface area contributed by atoms with Gasteiger partial charge in [-0.05, 0) is 19.1 Å². The van der Waals surface area contributed by atoms with Crippen LogP contribution in [0, 0.1) is 18.8 Å². The first kappa shape index (κ1) is 13.1. The Morgan fingerprint density at radius 3 is 2.61 bits per heavy atom. The van der Waals surface area contributed by atoms with Gasteiger partial charge in [-0.15, -0.1) is 11.3 Å². The van der Waals surface area contributed by atoms with Crippen LogP contribution in [0.3, 0.4) is 0 Å². The maximum atomic E-state index is 5.71. The summed E-state index contributed by atoms with van der Waals surface area (Å²) in [5.74, 6) is 6.22. The Balaban J connectivity index is 2.23. The van der Waals surface area contributed by atoms with Crippen LogP contribution in [-0.2, 0) is 0 Å². The van der Waals surface area contributed by atoms with Crippen molar-refractivity contribution < 1.29 is 0 Å². The van der Waals surface area contributed by atoms with E-state index in [-0.39, 0.29) is 0 Å². The van der Waals surface area contributed by atoms with Gasteiger partial charge < -0.3 is 5.73 Å². The zero-order valence-electron chi connectivity index (χ0n) is 10.0. The van der Waals surface area contributed by atoms with Crippen LogP contribution in [0.4, 0.5) is 5.13 Å². The van der Waals surface area contributed by atoms with E-state index in [1.165, 1.54) is 11.3 Å². The molecular weight excluding hydrogens is 308 g/mol. The molecule has 1 aromatic carbocycles. The summed E-state index contributed by atoms with van der Waals surface area (Å²) in [7, 11) is 0. The second kappa shape index (κ2) is 6.03. The van der Waals surface area contributed by atoms with Crippen LogP contribution in [0.1, 0.15) is 16.9 Å². The molecule has 18 heavy (non-hydrogen) atoms. The molecule has 2 nitrogen and oxygen atoms in total. The van der Waals surface area contributed by atoms with Gasteiger partial charge in [0.05, 0.1) is 5.69 Å². The highest BCUT2D eigenvalue weighted by atomic mass is 79.9. The maximum absolute atomic E-state index is 5.71. The summed E-state index contributed by atoms with van der Waals surface area (Å²) in [5.41, 5.74) is 8.80. The van der Waals surface area contributed by atoms with Crippen molar-refractivity contribution in [3.05, 3.63) is 34.7 Å². The molecule has 2 rings (SSSR count). The van der Waals surface area contributed by atoms with Gasteiger partial charge in [-0.1, -0.05) is 39.9 Å². The molecule has 0 aliphatic rings. The number of aryl methyl sites for hydroxylation is 1. The fourth-order valence-electron chi connectivity index (χ4n) is 1.61. The van der Waals surface area contributed by atoms with Crippen LogP contribution in [0.2, 0.25) is 0 Å². The third kappa shape index (κ3) is 3.12. The third-order valence-electron chi connectivity index (χ3n) is 2.42. The first-order valence-electron chi connectivity index (χ1n) is 5.59. The standard InChI is InChI=1S/C14H13BrN2S/c1-10-13(17-14(16)18-10)12-7-5-11(6-8-12)4-2-3-9-15/h5-8H,3,9H2,1H3,(H2,16,17). The van der Waals surface area contributed by atoms with Crippen molar-refractivity contribution in [1.29, 1.82) is 0 Å². The zero-order chi connectivity index (χ0) is 13.0. The van der Waals surface area contributed by atoms with Crippen molar-refractivity contribution in [3.63, 3.8) is 0 Å². The van der Waals surface area contributed by atoms with Gasteiger partial charge in [0.15, 0.2) is 5.13 Å². The Morgan fingerprint density at radius 1 is 1.33 bits per heavy atom. The summed E-state index contributed by atoms with van der Waals surface area (Å²) >= 11 is 4.87. The lowest BCUT2D eigenvalue weighted by atomic mass is 10.1. The van der Waals surface area contributed by atoms with Gasteiger partial charge in [-0.2, -0.15) is 0 Å². The number of alkyl halides is 1. The molecule has 0 saturated heterocycles. The number of anilines is 1. The first-order chi connectivity index (χ1) is 8.70. The van der Waals surface area contributed by atoms with Crippen LogP contribution in [0.25, 0.3) is 11.3 Å². The lowest BCUT2D eigenvalue weighted by Crippen LogP contribution is -1.84. The molecular formula is C14H13BrN2S. The van der Waals surface area contributed by atoms with Crippen LogP contribution < -0.4 is 5.73 Å². The Labute approximate surface area is 119 Å². The number of nitrogens with two attached hydrogens (primary N) is 1. The highest BCUT2D eigenvalue weighted by molar-refractivity contribution is 9.09. The molecule has 0 amide bonds. The summed E-state index contributed by atoms with van der Waals surface area (Å²) in [6.07, 6.45) is 0.865.